The van der Waals surface area contributed by atoms with Crippen molar-refractivity contribution in [2.75, 3.05) is 12.4 Å². The lowest BCUT2D eigenvalue weighted by molar-refractivity contribution is -0.139. The number of esters is 1. The van der Waals surface area contributed by atoms with Crippen molar-refractivity contribution in [3.63, 3.8) is 0 Å². The molecule has 4 nitrogen and oxygen atoms in total. The number of anilines is 1. The number of rotatable bonds is 4. The molecule has 0 atom stereocenters. The number of carbonyl (C=O) groups is 1. The molecule has 0 aliphatic carbocycles. The maximum absolute atomic E-state index is 10.9. The number of methoxy groups -OCH3 is 1. The van der Waals surface area contributed by atoms with Gasteiger partial charge in [-0.2, -0.15) is 0 Å². The van der Waals surface area contributed by atoms with Gasteiger partial charge in [0.05, 0.1) is 13.5 Å². The van der Waals surface area contributed by atoms with Gasteiger partial charge in [0.15, 0.2) is 5.11 Å². The van der Waals surface area contributed by atoms with Crippen LogP contribution in [0.2, 0.25) is 0 Å². The molecule has 0 saturated carbocycles. The summed E-state index contributed by atoms with van der Waals surface area (Å²) in [6, 6.07) is 7.51. The molecule has 0 amide bonds. The largest absolute Gasteiger partial charge is 0.469 e. The number of nitrogens with one attached hydrogen (secondary N) is 1. The van der Waals surface area contributed by atoms with Gasteiger partial charge in [-0.05, 0) is 29.9 Å². The molecular weight excluding hydrogens is 236 g/mol. The van der Waals surface area contributed by atoms with Crippen molar-refractivity contribution >= 4 is 35.1 Å². The fraction of sp³-hybridized carbons (Fsp3) is 0.167. The minimum atomic E-state index is -0.256. The number of nitrogens with two attached hydrogens (primary N) is 1. The molecule has 0 heterocycles. The SMILES string of the molecule is COC(=O)CC=Cc1ccc(NC(N)=S)cc1. The molecule has 0 aromatic heterocycles. The molecule has 1 rings (SSSR count). The highest BCUT2D eigenvalue weighted by atomic mass is 32.1. The summed E-state index contributed by atoms with van der Waals surface area (Å²) >= 11 is 4.72. The van der Waals surface area contributed by atoms with Crippen molar-refractivity contribution < 1.29 is 9.53 Å². The lowest BCUT2D eigenvalue weighted by Gasteiger charge is -2.03. The van der Waals surface area contributed by atoms with Gasteiger partial charge in [0.25, 0.3) is 0 Å². The summed E-state index contributed by atoms with van der Waals surface area (Å²) in [6.45, 7) is 0. The molecular formula is C12H14N2O2S. The summed E-state index contributed by atoms with van der Waals surface area (Å²) in [5.41, 5.74) is 7.17. The van der Waals surface area contributed by atoms with Crippen LogP contribution in [-0.4, -0.2) is 18.2 Å². The van der Waals surface area contributed by atoms with E-state index in [0.29, 0.717) is 0 Å². The second kappa shape index (κ2) is 6.65. The lowest BCUT2D eigenvalue weighted by atomic mass is 10.2. The van der Waals surface area contributed by atoms with Crippen LogP contribution in [-0.2, 0) is 9.53 Å². The van der Waals surface area contributed by atoms with E-state index >= 15 is 0 Å². The molecule has 1 aromatic rings. The Bertz CT molecular complexity index is 427. The van der Waals surface area contributed by atoms with Crippen molar-refractivity contribution in [2.24, 2.45) is 5.73 Å². The molecule has 0 fully saturated rings. The quantitative estimate of drug-likeness (QED) is 0.631. The molecule has 3 N–H and O–H groups in total. The summed E-state index contributed by atoms with van der Waals surface area (Å²) in [7, 11) is 1.37. The fourth-order valence-electron chi connectivity index (χ4n) is 1.19. The molecule has 0 spiro atoms. The maximum Gasteiger partial charge on any atom is 0.309 e. The van der Waals surface area contributed by atoms with Gasteiger partial charge in [0, 0.05) is 5.69 Å². The first-order valence-electron chi connectivity index (χ1n) is 5.01. The molecule has 0 radical (unpaired) electrons. The Hall–Kier alpha value is -1.88. The van der Waals surface area contributed by atoms with Crippen molar-refractivity contribution in [2.45, 2.75) is 6.42 Å². The van der Waals surface area contributed by atoms with Gasteiger partial charge in [0.1, 0.15) is 0 Å². The Morgan fingerprint density at radius 2 is 2.12 bits per heavy atom. The first-order chi connectivity index (χ1) is 8.11. The summed E-state index contributed by atoms with van der Waals surface area (Å²) < 4.78 is 4.52. The number of thiocarbonyl (C=S) groups is 1. The zero-order chi connectivity index (χ0) is 12.7. The standard InChI is InChI=1S/C12H14N2O2S/c1-16-11(15)4-2-3-9-5-7-10(8-6-9)14-12(13)17/h2-3,5-8H,4H2,1H3,(H3,13,14,17). The topological polar surface area (TPSA) is 64.3 Å². The van der Waals surface area contributed by atoms with E-state index in [1.807, 2.05) is 30.3 Å². The summed E-state index contributed by atoms with van der Waals surface area (Å²) in [6.07, 6.45) is 3.87. The second-order valence-electron chi connectivity index (χ2n) is 3.29. The van der Waals surface area contributed by atoms with Crippen LogP contribution in [0.25, 0.3) is 6.08 Å². The molecule has 1 aromatic carbocycles. The highest BCUT2D eigenvalue weighted by Gasteiger charge is 1.95. The molecule has 17 heavy (non-hydrogen) atoms. The molecule has 0 saturated heterocycles. The lowest BCUT2D eigenvalue weighted by Crippen LogP contribution is -2.18. The van der Waals surface area contributed by atoms with E-state index in [2.05, 4.69) is 10.1 Å². The number of benzene rings is 1. The van der Waals surface area contributed by atoms with Crippen LogP contribution in [0, 0.1) is 0 Å². The third-order valence-electron chi connectivity index (χ3n) is 2.00. The molecule has 0 unspecified atom stereocenters. The van der Waals surface area contributed by atoms with E-state index in [1.165, 1.54) is 7.11 Å². The zero-order valence-corrected chi connectivity index (χ0v) is 10.3. The van der Waals surface area contributed by atoms with Crippen molar-refractivity contribution in [1.29, 1.82) is 0 Å². The highest BCUT2D eigenvalue weighted by Crippen LogP contribution is 2.10. The molecule has 5 heteroatoms. The van der Waals surface area contributed by atoms with Gasteiger partial charge < -0.3 is 15.8 Å². The molecule has 0 aliphatic rings. The molecule has 0 aliphatic heterocycles. The Morgan fingerprint density at radius 1 is 1.47 bits per heavy atom. The van der Waals surface area contributed by atoms with Gasteiger partial charge in [-0.25, -0.2) is 0 Å². The number of carbonyl (C=O) groups excluding carboxylic acids is 1. The number of hydrogen-bond acceptors (Lipinski definition) is 3. The minimum Gasteiger partial charge on any atom is -0.469 e. The van der Waals surface area contributed by atoms with Gasteiger partial charge in [0.2, 0.25) is 0 Å². The Morgan fingerprint density at radius 3 is 2.65 bits per heavy atom. The average molecular weight is 250 g/mol. The van der Waals surface area contributed by atoms with E-state index < -0.39 is 0 Å². The minimum absolute atomic E-state index is 0.235. The third-order valence-corrected chi connectivity index (χ3v) is 2.10. The Labute approximate surface area is 105 Å². The van der Waals surface area contributed by atoms with Crippen LogP contribution in [0.5, 0.6) is 0 Å². The predicted octanol–water partition coefficient (Wildman–Crippen LogP) is 1.92. The Kier molecular flexibility index (Phi) is 5.16. The summed E-state index contributed by atoms with van der Waals surface area (Å²) in [4.78, 5) is 10.9. The first kappa shape index (κ1) is 13.2. The van der Waals surface area contributed by atoms with Crippen molar-refractivity contribution in [3.8, 4) is 0 Å². The van der Waals surface area contributed by atoms with E-state index in [-0.39, 0.29) is 17.5 Å². The smallest absolute Gasteiger partial charge is 0.309 e. The normalized spacial score (nSPS) is 10.2. The van der Waals surface area contributed by atoms with Gasteiger partial charge in [-0.1, -0.05) is 24.3 Å². The summed E-state index contributed by atoms with van der Waals surface area (Å²) in [5.74, 6) is -0.256. The van der Waals surface area contributed by atoms with Crippen molar-refractivity contribution in [3.05, 3.63) is 35.9 Å². The average Bonchev–Trinajstić information content (AvgIpc) is 2.30. The van der Waals surface area contributed by atoms with Gasteiger partial charge >= 0.3 is 5.97 Å². The van der Waals surface area contributed by atoms with Crippen LogP contribution in [0.1, 0.15) is 12.0 Å². The van der Waals surface area contributed by atoms with Crippen LogP contribution < -0.4 is 11.1 Å². The number of ether oxygens (including phenoxy) is 1. The predicted molar refractivity (Wildman–Crippen MR) is 72.5 cm³/mol. The van der Waals surface area contributed by atoms with Gasteiger partial charge in [-0.15, -0.1) is 0 Å². The van der Waals surface area contributed by atoms with E-state index in [9.17, 15) is 4.79 Å². The van der Waals surface area contributed by atoms with Crippen LogP contribution in [0.3, 0.4) is 0 Å². The van der Waals surface area contributed by atoms with E-state index in [0.717, 1.165) is 11.3 Å². The van der Waals surface area contributed by atoms with Gasteiger partial charge in [-0.3, -0.25) is 4.79 Å². The Balaban J connectivity index is 2.56. The van der Waals surface area contributed by atoms with E-state index in [1.54, 1.807) is 6.08 Å². The summed E-state index contributed by atoms with van der Waals surface area (Å²) in [5, 5.41) is 3.06. The molecule has 0 bridgehead atoms. The monoisotopic (exact) mass is 250 g/mol. The van der Waals surface area contributed by atoms with Crippen LogP contribution in [0.15, 0.2) is 30.3 Å². The van der Waals surface area contributed by atoms with E-state index in [4.69, 9.17) is 18.0 Å². The highest BCUT2D eigenvalue weighted by molar-refractivity contribution is 7.80. The van der Waals surface area contributed by atoms with Crippen molar-refractivity contribution in [1.82, 2.24) is 0 Å². The fourth-order valence-corrected chi connectivity index (χ4v) is 1.31. The zero-order valence-electron chi connectivity index (χ0n) is 9.47. The molecule has 90 valence electrons. The van der Waals surface area contributed by atoms with Crippen LogP contribution in [0.4, 0.5) is 5.69 Å². The maximum atomic E-state index is 10.9. The van der Waals surface area contributed by atoms with Crippen LogP contribution >= 0.6 is 12.2 Å². The second-order valence-corrected chi connectivity index (χ2v) is 3.73. The number of hydrogen-bond donors (Lipinski definition) is 2. The third kappa shape index (κ3) is 5.12. The first-order valence-corrected chi connectivity index (χ1v) is 5.42.